The summed E-state index contributed by atoms with van der Waals surface area (Å²) >= 11 is 0. The summed E-state index contributed by atoms with van der Waals surface area (Å²) < 4.78 is 10.4. The van der Waals surface area contributed by atoms with Crippen LogP contribution in [0, 0.1) is 5.92 Å². The van der Waals surface area contributed by atoms with Gasteiger partial charge in [0, 0.05) is 19.6 Å². The Morgan fingerprint density at radius 1 is 1.38 bits per heavy atom. The fourth-order valence-corrected chi connectivity index (χ4v) is 2.13. The first-order chi connectivity index (χ1) is 6.18. The molecule has 76 valence electrons. The normalized spacial score (nSPS) is 34.2. The Morgan fingerprint density at radius 2 is 2.00 bits per heavy atom. The molecule has 0 radical (unpaired) electrons. The van der Waals surface area contributed by atoms with E-state index in [-0.39, 0.29) is 0 Å². The molecule has 2 aliphatic heterocycles. The minimum atomic E-state index is -0.551. The summed E-state index contributed by atoms with van der Waals surface area (Å²) in [6.07, 6.45) is 3.08. The zero-order chi connectivity index (χ0) is 9.31. The van der Waals surface area contributed by atoms with Crippen LogP contribution in [0.2, 0.25) is 0 Å². The first-order valence-corrected chi connectivity index (χ1v) is 5.10. The molecule has 0 saturated carbocycles. The number of aliphatic hydroxyl groups is 1. The van der Waals surface area contributed by atoms with Crippen LogP contribution in [0.15, 0.2) is 0 Å². The third-order valence-corrected chi connectivity index (χ3v) is 3.14. The van der Waals surface area contributed by atoms with Crippen molar-refractivity contribution in [1.29, 1.82) is 0 Å². The predicted molar refractivity (Wildman–Crippen MR) is 48.5 cm³/mol. The number of hydrogen-bond donors (Lipinski definition) is 1. The van der Waals surface area contributed by atoms with E-state index in [4.69, 9.17) is 9.47 Å². The predicted octanol–water partition coefficient (Wildman–Crippen LogP) is 0.953. The van der Waals surface area contributed by atoms with Crippen molar-refractivity contribution < 1.29 is 14.6 Å². The van der Waals surface area contributed by atoms with Gasteiger partial charge < -0.3 is 14.6 Å². The molecule has 1 N–H and O–H groups in total. The second-order valence-electron chi connectivity index (χ2n) is 4.40. The molecule has 0 bridgehead atoms. The lowest BCUT2D eigenvalue weighted by atomic mass is 9.80. The number of epoxide rings is 1. The first kappa shape index (κ1) is 9.44. The average molecular weight is 186 g/mol. The fourth-order valence-electron chi connectivity index (χ4n) is 2.13. The van der Waals surface area contributed by atoms with Crippen LogP contribution in [-0.2, 0) is 9.47 Å². The molecule has 13 heavy (non-hydrogen) atoms. The van der Waals surface area contributed by atoms with Gasteiger partial charge in [0.05, 0.1) is 18.3 Å². The minimum Gasteiger partial charge on any atom is -0.390 e. The molecule has 2 heterocycles. The van der Waals surface area contributed by atoms with Crippen molar-refractivity contribution >= 4 is 0 Å². The molecule has 0 aromatic carbocycles. The van der Waals surface area contributed by atoms with Crippen molar-refractivity contribution in [2.24, 2.45) is 5.92 Å². The van der Waals surface area contributed by atoms with Crippen molar-refractivity contribution in [2.75, 3.05) is 19.8 Å². The van der Waals surface area contributed by atoms with Gasteiger partial charge in [-0.3, -0.25) is 0 Å². The van der Waals surface area contributed by atoms with Gasteiger partial charge in [-0.1, -0.05) is 0 Å². The van der Waals surface area contributed by atoms with E-state index in [1.54, 1.807) is 0 Å². The lowest BCUT2D eigenvalue weighted by Crippen LogP contribution is -2.39. The Kier molecular flexibility index (Phi) is 2.58. The van der Waals surface area contributed by atoms with Gasteiger partial charge in [-0.2, -0.15) is 0 Å². The molecule has 0 amide bonds. The van der Waals surface area contributed by atoms with E-state index in [0.29, 0.717) is 12.0 Å². The molecule has 3 heteroatoms. The highest BCUT2D eigenvalue weighted by atomic mass is 16.6. The molecule has 2 rings (SSSR count). The molecule has 2 aliphatic rings. The van der Waals surface area contributed by atoms with Crippen molar-refractivity contribution in [3.8, 4) is 0 Å². The van der Waals surface area contributed by atoms with E-state index in [9.17, 15) is 5.11 Å². The summed E-state index contributed by atoms with van der Waals surface area (Å²) in [6.45, 7) is 4.36. The molecule has 0 aliphatic carbocycles. The van der Waals surface area contributed by atoms with Crippen LogP contribution in [0.4, 0.5) is 0 Å². The van der Waals surface area contributed by atoms with Gasteiger partial charge in [0.1, 0.15) is 0 Å². The highest BCUT2D eigenvalue weighted by Gasteiger charge is 2.39. The topological polar surface area (TPSA) is 42.0 Å². The summed E-state index contributed by atoms with van der Waals surface area (Å²) in [5, 5.41) is 10.2. The first-order valence-electron chi connectivity index (χ1n) is 5.10. The molecular weight excluding hydrogens is 168 g/mol. The van der Waals surface area contributed by atoms with Crippen molar-refractivity contribution in [1.82, 2.24) is 0 Å². The molecule has 0 unspecified atom stereocenters. The second-order valence-corrected chi connectivity index (χ2v) is 4.40. The van der Waals surface area contributed by atoms with E-state index in [2.05, 4.69) is 0 Å². The maximum atomic E-state index is 10.2. The Bertz CT molecular complexity index is 169. The van der Waals surface area contributed by atoms with Crippen LogP contribution in [0.1, 0.15) is 26.2 Å². The van der Waals surface area contributed by atoms with E-state index in [1.807, 2.05) is 6.92 Å². The third kappa shape index (κ3) is 2.42. The molecule has 0 spiro atoms. The van der Waals surface area contributed by atoms with E-state index in [1.165, 1.54) is 0 Å². The molecule has 3 nitrogen and oxygen atoms in total. The summed E-state index contributed by atoms with van der Waals surface area (Å²) in [5.41, 5.74) is -0.551. The van der Waals surface area contributed by atoms with Crippen molar-refractivity contribution in [3.63, 3.8) is 0 Å². The van der Waals surface area contributed by atoms with Crippen LogP contribution < -0.4 is 0 Å². The monoisotopic (exact) mass is 186 g/mol. The number of hydrogen-bond acceptors (Lipinski definition) is 3. The molecule has 2 fully saturated rings. The maximum Gasteiger partial charge on any atom is 0.0837 e. The molecular formula is C10H18O3. The molecule has 0 aromatic heterocycles. The zero-order valence-electron chi connectivity index (χ0n) is 8.16. The highest BCUT2D eigenvalue weighted by molar-refractivity contribution is 4.89. The lowest BCUT2D eigenvalue weighted by molar-refractivity contribution is -0.0615. The molecule has 2 saturated heterocycles. The average Bonchev–Trinajstić information content (AvgIpc) is 2.89. The SMILES string of the molecule is C[C@](O)(C[C@H]1CO1)C1CCOCC1. The number of ether oxygens (including phenoxy) is 2. The van der Waals surface area contributed by atoms with Gasteiger partial charge in [-0.15, -0.1) is 0 Å². The van der Waals surface area contributed by atoms with E-state index < -0.39 is 5.60 Å². The Labute approximate surface area is 79.0 Å². The molecule has 0 aromatic rings. The Morgan fingerprint density at radius 3 is 2.54 bits per heavy atom. The summed E-state index contributed by atoms with van der Waals surface area (Å²) in [4.78, 5) is 0. The van der Waals surface area contributed by atoms with E-state index in [0.717, 1.165) is 39.1 Å². The van der Waals surface area contributed by atoms with Gasteiger partial charge >= 0.3 is 0 Å². The highest BCUT2D eigenvalue weighted by Crippen LogP contribution is 2.33. The second kappa shape index (κ2) is 3.56. The van der Waals surface area contributed by atoms with E-state index >= 15 is 0 Å². The zero-order valence-corrected chi connectivity index (χ0v) is 8.16. The van der Waals surface area contributed by atoms with Gasteiger partial charge in [0.25, 0.3) is 0 Å². The van der Waals surface area contributed by atoms with Gasteiger partial charge in [-0.25, -0.2) is 0 Å². The number of rotatable bonds is 3. The van der Waals surface area contributed by atoms with Crippen molar-refractivity contribution in [3.05, 3.63) is 0 Å². The quantitative estimate of drug-likeness (QED) is 0.667. The maximum absolute atomic E-state index is 10.2. The van der Waals surface area contributed by atoms with Gasteiger partial charge in [-0.05, 0) is 25.7 Å². The largest absolute Gasteiger partial charge is 0.390 e. The van der Waals surface area contributed by atoms with Gasteiger partial charge in [0.15, 0.2) is 0 Å². The van der Waals surface area contributed by atoms with Crippen LogP contribution >= 0.6 is 0 Å². The minimum absolute atomic E-state index is 0.317. The summed E-state index contributed by atoms with van der Waals surface area (Å²) in [5.74, 6) is 0.394. The van der Waals surface area contributed by atoms with Crippen LogP contribution in [0.25, 0.3) is 0 Å². The van der Waals surface area contributed by atoms with Crippen LogP contribution in [0.5, 0.6) is 0 Å². The Balaban J connectivity index is 1.86. The van der Waals surface area contributed by atoms with Crippen LogP contribution in [0.3, 0.4) is 0 Å². The summed E-state index contributed by atoms with van der Waals surface area (Å²) in [6, 6.07) is 0. The molecule has 2 atom stereocenters. The lowest BCUT2D eigenvalue weighted by Gasteiger charge is -2.35. The smallest absolute Gasteiger partial charge is 0.0837 e. The fraction of sp³-hybridized carbons (Fsp3) is 1.00. The third-order valence-electron chi connectivity index (χ3n) is 3.14. The van der Waals surface area contributed by atoms with Crippen molar-refractivity contribution in [2.45, 2.75) is 37.9 Å². The summed E-state index contributed by atoms with van der Waals surface area (Å²) in [7, 11) is 0. The van der Waals surface area contributed by atoms with Crippen LogP contribution in [-0.4, -0.2) is 36.6 Å². The standard InChI is InChI=1S/C10H18O3/c1-10(11,6-9-7-13-9)8-2-4-12-5-3-8/h8-9,11H,2-7H2,1H3/t9-,10-/m0/s1. The van der Waals surface area contributed by atoms with Gasteiger partial charge in [0.2, 0.25) is 0 Å². The Hall–Kier alpha value is -0.120.